The van der Waals surface area contributed by atoms with E-state index in [9.17, 15) is 0 Å². The summed E-state index contributed by atoms with van der Waals surface area (Å²) < 4.78 is 0. The van der Waals surface area contributed by atoms with Gasteiger partial charge in [0.15, 0.2) is 0 Å². The molecule has 0 saturated carbocycles. The molecule has 2 aromatic rings. The largest absolute Gasteiger partial charge is 0.281 e. The minimum atomic E-state index is 0.306. The maximum atomic E-state index is 6.02. The molecule has 0 aromatic heterocycles. The zero-order valence-electron chi connectivity index (χ0n) is 10.0. The second-order valence-corrected chi connectivity index (χ2v) is 4.99. The van der Waals surface area contributed by atoms with Gasteiger partial charge in [-0.1, -0.05) is 54.1 Å². The van der Waals surface area contributed by atoms with Gasteiger partial charge in [0.2, 0.25) is 0 Å². The van der Waals surface area contributed by atoms with E-state index in [1.54, 1.807) is 0 Å². The molecule has 0 aliphatic carbocycles. The lowest BCUT2D eigenvalue weighted by Gasteiger charge is -2.05. The van der Waals surface area contributed by atoms with Crippen LogP contribution in [0.5, 0.6) is 0 Å². The first-order valence-corrected chi connectivity index (χ1v) is 6.58. The van der Waals surface area contributed by atoms with Gasteiger partial charge >= 0.3 is 0 Å². The van der Waals surface area contributed by atoms with Crippen LogP contribution in [-0.4, -0.2) is 5.71 Å². The lowest BCUT2D eigenvalue weighted by Crippen LogP contribution is -1.94. The van der Waals surface area contributed by atoms with E-state index >= 15 is 0 Å². The summed E-state index contributed by atoms with van der Waals surface area (Å²) in [6, 6.07) is 18.7. The van der Waals surface area contributed by atoms with Crippen molar-refractivity contribution in [1.82, 2.24) is 0 Å². The van der Waals surface area contributed by atoms with E-state index < -0.39 is 0 Å². The van der Waals surface area contributed by atoms with Crippen molar-refractivity contribution in [3.63, 3.8) is 0 Å². The van der Waals surface area contributed by atoms with Gasteiger partial charge < -0.3 is 0 Å². The van der Waals surface area contributed by atoms with Gasteiger partial charge in [0.25, 0.3) is 0 Å². The van der Waals surface area contributed by atoms with Gasteiger partial charge in [-0.05, 0) is 36.1 Å². The third kappa shape index (κ3) is 2.32. The molecule has 1 aliphatic heterocycles. The molecule has 90 valence electrons. The van der Waals surface area contributed by atoms with E-state index in [2.05, 4.69) is 30.3 Å². The topological polar surface area (TPSA) is 12.4 Å². The minimum absolute atomic E-state index is 0.306. The highest BCUT2D eigenvalue weighted by atomic mass is 35.5. The smallest absolute Gasteiger partial charge is 0.0756 e. The average Bonchev–Trinajstić information content (AvgIpc) is 2.89. The summed E-state index contributed by atoms with van der Waals surface area (Å²) in [6.07, 6.45) is 2.12. The highest BCUT2D eigenvalue weighted by Gasteiger charge is 2.19. The van der Waals surface area contributed by atoms with Crippen molar-refractivity contribution in [3.8, 4) is 0 Å². The molecule has 0 amide bonds. The monoisotopic (exact) mass is 255 g/mol. The van der Waals surface area contributed by atoms with E-state index in [4.69, 9.17) is 16.6 Å². The van der Waals surface area contributed by atoms with Crippen molar-refractivity contribution in [2.75, 3.05) is 0 Å². The Morgan fingerprint density at radius 3 is 2.61 bits per heavy atom. The highest BCUT2D eigenvalue weighted by Crippen LogP contribution is 2.31. The predicted octanol–water partition coefficient (Wildman–Crippen LogP) is 4.66. The third-order valence-electron chi connectivity index (χ3n) is 3.31. The Bertz CT molecular complexity index is 575. The Kier molecular flexibility index (Phi) is 3.16. The maximum Gasteiger partial charge on any atom is 0.0756 e. The number of rotatable bonds is 2. The van der Waals surface area contributed by atoms with Crippen molar-refractivity contribution < 1.29 is 0 Å². The fraction of sp³-hybridized carbons (Fsp3) is 0.188. The molecule has 1 nitrogen and oxygen atoms in total. The van der Waals surface area contributed by atoms with Crippen LogP contribution in [0.3, 0.4) is 0 Å². The normalized spacial score (nSPS) is 18.7. The first-order chi connectivity index (χ1) is 8.83. The highest BCUT2D eigenvalue weighted by molar-refractivity contribution is 6.31. The van der Waals surface area contributed by atoms with Gasteiger partial charge in [0, 0.05) is 10.7 Å². The molecule has 0 radical (unpaired) electrons. The van der Waals surface area contributed by atoms with E-state index in [0.717, 1.165) is 23.4 Å². The fourth-order valence-electron chi connectivity index (χ4n) is 2.39. The molecular weight excluding hydrogens is 242 g/mol. The molecule has 2 aromatic carbocycles. The van der Waals surface area contributed by atoms with Crippen molar-refractivity contribution >= 4 is 17.3 Å². The summed E-state index contributed by atoms with van der Waals surface area (Å²) >= 11 is 6.02. The molecule has 1 heterocycles. The Labute approximate surface area is 112 Å². The molecule has 0 N–H and O–H groups in total. The molecule has 18 heavy (non-hydrogen) atoms. The van der Waals surface area contributed by atoms with Crippen molar-refractivity contribution in [3.05, 3.63) is 70.7 Å². The number of nitrogens with zero attached hydrogens (tertiary/aromatic N) is 1. The standard InChI is InChI=1S/C16H14ClN/c17-14-8-4-7-13(11-14)16-10-9-15(18-16)12-5-2-1-3-6-12/h1-8,11,15H,9-10H2. The summed E-state index contributed by atoms with van der Waals surface area (Å²) in [4.78, 5) is 4.83. The number of aliphatic imine (C=N–C) groups is 1. The van der Waals surface area contributed by atoms with Gasteiger partial charge in [-0.3, -0.25) is 4.99 Å². The maximum absolute atomic E-state index is 6.02. The molecular formula is C16H14ClN. The second kappa shape index (κ2) is 4.95. The van der Waals surface area contributed by atoms with E-state index in [1.807, 2.05) is 24.3 Å². The first kappa shape index (κ1) is 11.5. The summed E-state index contributed by atoms with van der Waals surface area (Å²) in [6.45, 7) is 0. The van der Waals surface area contributed by atoms with E-state index in [0.29, 0.717) is 6.04 Å². The molecule has 0 bridgehead atoms. The minimum Gasteiger partial charge on any atom is -0.281 e. The van der Waals surface area contributed by atoms with Gasteiger partial charge in [-0.25, -0.2) is 0 Å². The van der Waals surface area contributed by atoms with Crippen LogP contribution in [0.2, 0.25) is 5.02 Å². The van der Waals surface area contributed by atoms with E-state index in [1.165, 1.54) is 11.3 Å². The molecule has 2 heteroatoms. The molecule has 0 spiro atoms. The fourth-order valence-corrected chi connectivity index (χ4v) is 2.58. The lowest BCUT2D eigenvalue weighted by atomic mass is 10.0. The van der Waals surface area contributed by atoms with Crippen LogP contribution in [0.4, 0.5) is 0 Å². The molecule has 0 fully saturated rings. The molecule has 1 atom stereocenters. The quantitative estimate of drug-likeness (QED) is 0.740. The van der Waals surface area contributed by atoms with Crippen molar-refractivity contribution in [2.45, 2.75) is 18.9 Å². The number of halogens is 1. The zero-order valence-corrected chi connectivity index (χ0v) is 10.8. The summed E-state index contributed by atoms with van der Waals surface area (Å²) in [7, 11) is 0. The predicted molar refractivity (Wildman–Crippen MR) is 76.4 cm³/mol. The molecule has 1 unspecified atom stereocenters. The first-order valence-electron chi connectivity index (χ1n) is 6.20. The summed E-state index contributed by atoms with van der Waals surface area (Å²) in [5, 5.41) is 0.776. The van der Waals surface area contributed by atoms with Crippen LogP contribution < -0.4 is 0 Å². The Morgan fingerprint density at radius 2 is 1.83 bits per heavy atom. The second-order valence-electron chi connectivity index (χ2n) is 4.55. The molecule has 0 saturated heterocycles. The van der Waals surface area contributed by atoms with Crippen molar-refractivity contribution in [1.29, 1.82) is 0 Å². The van der Waals surface area contributed by atoms with Gasteiger partial charge in [0.1, 0.15) is 0 Å². The summed E-state index contributed by atoms with van der Waals surface area (Å²) in [5.41, 5.74) is 3.63. The number of benzene rings is 2. The van der Waals surface area contributed by atoms with Crippen LogP contribution in [0.1, 0.15) is 30.0 Å². The third-order valence-corrected chi connectivity index (χ3v) is 3.54. The average molecular weight is 256 g/mol. The van der Waals surface area contributed by atoms with Crippen LogP contribution in [-0.2, 0) is 0 Å². The number of hydrogen-bond acceptors (Lipinski definition) is 1. The SMILES string of the molecule is Clc1cccc(C2=NC(c3ccccc3)CC2)c1. The number of hydrogen-bond donors (Lipinski definition) is 0. The van der Waals surface area contributed by atoms with Gasteiger partial charge in [-0.2, -0.15) is 0 Å². The van der Waals surface area contributed by atoms with E-state index in [-0.39, 0.29) is 0 Å². The summed E-state index contributed by atoms with van der Waals surface area (Å²) in [5.74, 6) is 0. The van der Waals surface area contributed by atoms with Crippen LogP contribution in [0.25, 0.3) is 0 Å². The molecule has 1 aliphatic rings. The van der Waals surface area contributed by atoms with Crippen LogP contribution >= 0.6 is 11.6 Å². The Balaban J connectivity index is 1.88. The van der Waals surface area contributed by atoms with Crippen LogP contribution in [0.15, 0.2) is 59.6 Å². The van der Waals surface area contributed by atoms with Gasteiger partial charge in [-0.15, -0.1) is 0 Å². The van der Waals surface area contributed by atoms with Crippen LogP contribution in [0, 0.1) is 0 Å². The lowest BCUT2D eigenvalue weighted by molar-refractivity contribution is 0.723. The van der Waals surface area contributed by atoms with Gasteiger partial charge in [0.05, 0.1) is 6.04 Å². The molecule has 3 rings (SSSR count). The Morgan fingerprint density at radius 1 is 1.00 bits per heavy atom. The zero-order chi connectivity index (χ0) is 12.4. The van der Waals surface area contributed by atoms with Crippen molar-refractivity contribution in [2.24, 2.45) is 4.99 Å². The Hall–Kier alpha value is -1.60.